The van der Waals surface area contributed by atoms with Gasteiger partial charge < -0.3 is 15.5 Å². The van der Waals surface area contributed by atoms with Crippen LogP contribution in [0, 0.1) is 0 Å². The van der Waals surface area contributed by atoms with E-state index in [1.54, 1.807) is 7.05 Å². The van der Waals surface area contributed by atoms with Crippen molar-refractivity contribution >= 4 is 11.8 Å². The molecule has 0 aromatic rings. The Hall–Kier alpha value is -1.18. The second-order valence-corrected chi connectivity index (χ2v) is 5.36. The van der Waals surface area contributed by atoms with E-state index in [-0.39, 0.29) is 11.8 Å². The normalized spacial score (nSPS) is 21.8. The van der Waals surface area contributed by atoms with Crippen molar-refractivity contribution in [2.75, 3.05) is 72.5 Å². The summed E-state index contributed by atoms with van der Waals surface area (Å²) in [7, 11) is 1.65. The summed E-state index contributed by atoms with van der Waals surface area (Å²) in [5.41, 5.74) is 0. The molecule has 0 spiro atoms. The standard InChI is InChI=1S/C13H25N5O2/c1-14-12(19)10-17-6-8-18(9-7-17)13(20)11-16-4-2-15-3-5-16/h15H,2-11H2,1H3,(H,14,19). The lowest BCUT2D eigenvalue weighted by Gasteiger charge is -2.36. The number of likely N-dealkylation sites (N-methyl/N-ethyl adjacent to an activating group) is 1. The molecule has 2 aliphatic heterocycles. The summed E-state index contributed by atoms with van der Waals surface area (Å²) in [6, 6.07) is 0. The van der Waals surface area contributed by atoms with Crippen LogP contribution >= 0.6 is 0 Å². The minimum Gasteiger partial charge on any atom is -0.358 e. The van der Waals surface area contributed by atoms with Crippen molar-refractivity contribution in [1.82, 2.24) is 25.3 Å². The summed E-state index contributed by atoms with van der Waals surface area (Å²) in [6.45, 7) is 7.78. The van der Waals surface area contributed by atoms with Gasteiger partial charge in [-0.1, -0.05) is 0 Å². The molecule has 0 aromatic carbocycles. The molecule has 114 valence electrons. The Kier molecular flexibility index (Phi) is 5.75. The SMILES string of the molecule is CNC(=O)CN1CCN(C(=O)CN2CCNCC2)CC1. The summed E-state index contributed by atoms with van der Waals surface area (Å²) in [6.07, 6.45) is 0. The number of piperazine rings is 2. The van der Waals surface area contributed by atoms with Gasteiger partial charge in [0.1, 0.15) is 0 Å². The first-order chi connectivity index (χ1) is 9.69. The number of nitrogens with one attached hydrogen (secondary N) is 2. The highest BCUT2D eigenvalue weighted by Crippen LogP contribution is 2.03. The van der Waals surface area contributed by atoms with Crippen LogP contribution in [0.3, 0.4) is 0 Å². The van der Waals surface area contributed by atoms with E-state index in [1.165, 1.54) is 0 Å². The van der Waals surface area contributed by atoms with Gasteiger partial charge in [0.2, 0.25) is 11.8 Å². The molecule has 20 heavy (non-hydrogen) atoms. The fraction of sp³-hybridized carbons (Fsp3) is 0.846. The largest absolute Gasteiger partial charge is 0.358 e. The monoisotopic (exact) mass is 283 g/mol. The second-order valence-electron chi connectivity index (χ2n) is 5.36. The van der Waals surface area contributed by atoms with Gasteiger partial charge in [0, 0.05) is 59.4 Å². The van der Waals surface area contributed by atoms with E-state index in [2.05, 4.69) is 20.4 Å². The van der Waals surface area contributed by atoms with E-state index in [4.69, 9.17) is 0 Å². The fourth-order valence-corrected chi connectivity index (χ4v) is 2.60. The van der Waals surface area contributed by atoms with E-state index < -0.39 is 0 Å². The van der Waals surface area contributed by atoms with E-state index >= 15 is 0 Å². The van der Waals surface area contributed by atoms with Crippen LogP contribution in [0.15, 0.2) is 0 Å². The molecule has 0 radical (unpaired) electrons. The fourth-order valence-electron chi connectivity index (χ4n) is 2.60. The first kappa shape index (κ1) is 15.2. The Labute approximate surface area is 120 Å². The Balaban J connectivity index is 1.69. The molecule has 2 heterocycles. The average molecular weight is 283 g/mol. The summed E-state index contributed by atoms with van der Waals surface area (Å²) >= 11 is 0. The van der Waals surface area contributed by atoms with Gasteiger partial charge >= 0.3 is 0 Å². The van der Waals surface area contributed by atoms with Crippen LogP contribution in [-0.4, -0.2) is 99.0 Å². The van der Waals surface area contributed by atoms with Gasteiger partial charge in [0.15, 0.2) is 0 Å². The molecule has 2 aliphatic rings. The van der Waals surface area contributed by atoms with Crippen molar-refractivity contribution in [3.8, 4) is 0 Å². The van der Waals surface area contributed by atoms with Gasteiger partial charge in [-0.05, 0) is 0 Å². The van der Waals surface area contributed by atoms with E-state index in [1.807, 2.05) is 4.90 Å². The Bertz CT molecular complexity index is 336. The molecular formula is C13H25N5O2. The van der Waals surface area contributed by atoms with Crippen LogP contribution in [0.2, 0.25) is 0 Å². The smallest absolute Gasteiger partial charge is 0.236 e. The molecule has 2 fully saturated rings. The number of hydrogen-bond donors (Lipinski definition) is 2. The highest BCUT2D eigenvalue weighted by atomic mass is 16.2. The van der Waals surface area contributed by atoms with E-state index in [0.29, 0.717) is 13.1 Å². The van der Waals surface area contributed by atoms with Gasteiger partial charge in [-0.2, -0.15) is 0 Å². The molecule has 2 amide bonds. The summed E-state index contributed by atoms with van der Waals surface area (Å²) < 4.78 is 0. The molecule has 0 aromatic heterocycles. The van der Waals surface area contributed by atoms with Crippen LogP contribution in [0.5, 0.6) is 0 Å². The maximum absolute atomic E-state index is 12.2. The zero-order chi connectivity index (χ0) is 14.4. The van der Waals surface area contributed by atoms with Crippen molar-refractivity contribution in [3.63, 3.8) is 0 Å². The van der Waals surface area contributed by atoms with Gasteiger partial charge in [-0.25, -0.2) is 0 Å². The third-order valence-electron chi connectivity index (χ3n) is 3.94. The molecule has 0 bridgehead atoms. The topological polar surface area (TPSA) is 67.9 Å². The molecule has 0 saturated carbocycles. The molecule has 2 N–H and O–H groups in total. The average Bonchev–Trinajstić information content (AvgIpc) is 2.49. The molecule has 0 atom stereocenters. The molecule has 7 nitrogen and oxygen atoms in total. The molecule has 7 heteroatoms. The molecule has 0 aliphatic carbocycles. The minimum absolute atomic E-state index is 0.0330. The maximum atomic E-state index is 12.2. The number of rotatable bonds is 4. The van der Waals surface area contributed by atoms with E-state index in [9.17, 15) is 9.59 Å². The van der Waals surface area contributed by atoms with E-state index in [0.717, 1.165) is 52.4 Å². The van der Waals surface area contributed by atoms with Crippen molar-refractivity contribution < 1.29 is 9.59 Å². The predicted molar refractivity (Wildman–Crippen MR) is 76.4 cm³/mol. The van der Waals surface area contributed by atoms with Crippen molar-refractivity contribution in [2.45, 2.75) is 0 Å². The molecule has 0 unspecified atom stereocenters. The van der Waals surface area contributed by atoms with Crippen molar-refractivity contribution in [2.24, 2.45) is 0 Å². The lowest BCUT2D eigenvalue weighted by molar-refractivity contribution is -0.134. The first-order valence-corrected chi connectivity index (χ1v) is 7.33. The van der Waals surface area contributed by atoms with Crippen LogP contribution in [0.1, 0.15) is 0 Å². The Morgan fingerprint density at radius 3 is 2.15 bits per heavy atom. The van der Waals surface area contributed by atoms with Gasteiger partial charge in [0.25, 0.3) is 0 Å². The number of nitrogens with zero attached hydrogens (tertiary/aromatic N) is 3. The van der Waals surface area contributed by atoms with Gasteiger partial charge in [-0.3, -0.25) is 19.4 Å². The lowest BCUT2D eigenvalue weighted by atomic mass is 10.3. The third-order valence-corrected chi connectivity index (χ3v) is 3.94. The summed E-state index contributed by atoms with van der Waals surface area (Å²) in [5, 5.41) is 5.91. The molecule has 2 rings (SSSR count). The summed E-state index contributed by atoms with van der Waals surface area (Å²) in [5.74, 6) is 0.247. The van der Waals surface area contributed by atoms with Crippen molar-refractivity contribution in [3.05, 3.63) is 0 Å². The zero-order valence-corrected chi connectivity index (χ0v) is 12.2. The Morgan fingerprint density at radius 1 is 0.950 bits per heavy atom. The Morgan fingerprint density at radius 2 is 1.55 bits per heavy atom. The highest BCUT2D eigenvalue weighted by Gasteiger charge is 2.23. The zero-order valence-electron chi connectivity index (χ0n) is 12.2. The number of amides is 2. The van der Waals surface area contributed by atoms with Crippen LogP contribution in [0.4, 0.5) is 0 Å². The van der Waals surface area contributed by atoms with Crippen LogP contribution in [-0.2, 0) is 9.59 Å². The highest BCUT2D eigenvalue weighted by molar-refractivity contribution is 5.79. The van der Waals surface area contributed by atoms with Crippen LogP contribution in [0.25, 0.3) is 0 Å². The number of carbonyl (C=O) groups is 2. The van der Waals surface area contributed by atoms with Crippen LogP contribution < -0.4 is 10.6 Å². The lowest BCUT2D eigenvalue weighted by Crippen LogP contribution is -2.54. The van der Waals surface area contributed by atoms with Crippen molar-refractivity contribution in [1.29, 1.82) is 0 Å². The first-order valence-electron chi connectivity index (χ1n) is 7.33. The predicted octanol–water partition coefficient (Wildman–Crippen LogP) is -2.22. The number of carbonyl (C=O) groups excluding carboxylic acids is 2. The summed E-state index contributed by atoms with van der Waals surface area (Å²) in [4.78, 5) is 29.7. The maximum Gasteiger partial charge on any atom is 0.236 e. The van der Waals surface area contributed by atoms with Gasteiger partial charge in [-0.15, -0.1) is 0 Å². The molecule has 2 saturated heterocycles. The quantitative estimate of drug-likeness (QED) is 0.612. The molecular weight excluding hydrogens is 258 g/mol. The minimum atomic E-state index is 0.0330. The van der Waals surface area contributed by atoms with Gasteiger partial charge in [0.05, 0.1) is 13.1 Å². The second kappa shape index (κ2) is 7.56. The number of hydrogen-bond acceptors (Lipinski definition) is 5. The third kappa shape index (κ3) is 4.43.